The Labute approximate surface area is 486 Å². The molecule has 10 aliphatic heterocycles. The molecular weight excluding hydrogens is 989 g/mol. The van der Waals surface area contributed by atoms with Gasteiger partial charge in [0.15, 0.2) is 0 Å². The van der Waals surface area contributed by atoms with Gasteiger partial charge in [-0.25, -0.2) is 0 Å². The quantitative estimate of drug-likeness (QED) is 0.191. The van der Waals surface area contributed by atoms with Crippen LogP contribution in [0.4, 0.5) is 5.69 Å². The van der Waals surface area contributed by atoms with Gasteiger partial charge < -0.3 is 76.8 Å². The predicted molar refractivity (Wildman–Crippen MR) is 338 cm³/mol. The van der Waals surface area contributed by atoms with Gasteiger partial charge in [0.2, 0.25) is 0 Å². The summed E-state index contributed by atoms with van der Waals surface area (Å²) in [6.07, 6.45) is 21.0. The number of hydrogen-bond acceptors (Lipinski definition) is 17. The molecule has 10 heterocycles. The molecule has 9 N–H and O–H groups in total. The molecule has 0 aromatic heterocycles. The van der Waals surface area contributed by atoms with Crippen LogP contribution >= 0.6 is 0 Å². The number of likely N-dealkylation sites (N-methyl/N-ethyl adjacent to an activating group) is 2. The number of anilines is 1. The van der Waals surface area contributed by atoms with E-state index in [0.717, 1.165) is 120 Å². The molecule has 464 valence electrons. The topological polar surface area (TPSA) is 152 Å². The molecule has 0 bridgehead atoms. The van der Waals surface area contributed by atoms with E-state index >= 15 is 0 Å². The highest BCUT2D eigenvalue weighted by molar-refractivity contribution is 5.61. The van der Waals surface area contributed by atoms with E-state index in [1.165, 1.54) is 214 Å². The fraction of sp³-hybridized carbons (Fsp3) is 0.903. The van der Waals surface area contributed by atoms with Crippen molar-refractivity contribution in [3.8, 4) is 11.5 Å². The van der Waals surface area contributed by atoms with Crippen molar-refractivity contribution in [2.24, 2.45) is 11.8 Å². The molecule has 0 amide bonds. The number of hydrogen-bond donors (Lipinski definition) is 9. The first-order valence-corrected chi connectivity index (χ1v) is 32.5. The largest absolute Gasteiger partial charge is 0.497 e. The minimum atomic E-state index is 0.786. The fourth-order valence-corrected chi connectivity index (χ4v) is 10.5. The molecule has 0 aliphatic carbocycles. The third kappa shape index (κ3) is 40.1. The molecule has 17 nitrogen and oxygen atoms in total. The van der Waals surface area contributed by atoms with Crippen LogP contribution in [0.3, 0.4) is 0 Å². The Kier molecular flexibility index (Phi) is 45.6. The second-order valence-corrected chi connectivity index (χ2v) is 23.5. The summed E-state index contributed by atoms with van der Waals surface area (Å²) in [5, 5.41) is 29.9. The van der Waals surface area contributed by atoms with Crippen LogP contribution in [0.25, 0.3) is 0 Å². The van der Waals surface area contributed by atoms with Gasteiger partial charge in [0.05, 0.1) is 33.1 Å². The highest BCUT2D eigenvalue weighted by Crippen LogP contribution is 2.32. The molecular formula is C62H128N14O3. The van der Waals surface area contributed by atoms with Crippen LogP contribution in [0.1, 0.15) is 117 Å². The molecule has 10 aliphatic rings. The van der Waals surface area contributed by atoms with Crippen molar-refractivity contribution in [1.82, 2.24) is 67.5 Å². The van der Waals surface area contributed by atoms with Gasteiger partial charge in [0.1, 0.15) is 11.5 Å². The van der Waals surface area contributed by atoms with Crippen molar-refractivity contribution in [2.45, 2.75) is 123 Å². The number of nitrogens with one attached hydrogen (secondary N) is 9. The lowest BCUT2D eigenvalue weighted by Gasteiger charge is -2.31. The molecule has 11 rings (SSSR count). The first-order chi connectivity index (χ1) is 38.8. The molecule has 0 spiro atoms. The van der Waals surface area contributed by atoms with Crippen LogP contribution in [-0.4, -0.2) is 257 Å². The monoisotopic (exact) mass is 1120 g/mol. The molecule has 3 unspecified atom stereocenters. The van der Waals surface area contributed by atoms with Gasteiger partial charge in [-0.3, -0.25) is 9.80 Å². The maximum atomic E-state index is 5.40. The Balaban J connectivity index is 0.000000240. The molecule has 3 atom stereocenters. The number of piperazine rings is 3. The van der Waals surface area contributed by atoms with E-state index in [1.807, 2.05) is 12.1 Å². The Morgan fingerprint density at radius 1 is 0.443 bits per heavy atom. The number of piperidine rings is 2. The summed E-state index contributed by atoms with van der Waals surface area (Å²) in [5.74, 6) is 3.51. The number of rotatable bonds is 6. The molecule has 1 aromatic carbocycles. The third-order valence-electron chi connectivity index (χ3n) is 16.0. The highest BCUT2D eigenvalue weighted by Gasteiger charge is 2.17. The number of morpholine rings is 1. The number of benzene rings is 1. The van der Waals surface area contributed by atoms with Gasteiger partial charge in [-0.05, 0) is 175 Å². The van der Waals surface area contributed by atoms with Crippen LogP contribution in [0.15, 0.2) is 18.2 Å². The van der Waals surface area contributed by atoms with Gasteiger partial charge in [0.25, 0.3) is 0 Å². The van der Waals surface area contributed by atoms with E-state index in [4.69, 9.17) is 14.2 Å². The average Bonchev–Trinajstić information content (AvgIpc) is 3.92. The molecule has 79 heavy (non-hydrogen) atoms. The number of methoxy groups -OCH3 is 2. The summed E-state index contributed by atoms with van der Waals surface area (Å²) in [5.41, 5.74) is 1.14. The van der Waals surface area contributed by atoms with Crippen LogP contribution in [0.5, 0.6) is 11.5 Å². The van der Waals surface area contributed by atoms with Crippen LogP contribution in [-0.2, 0) is 4.74 Å². The van der Waals surface area contributed by atoms with Crippen molar-refractivity contribution >= 4 is 5.69 Å². The molecule has 10 fully saturated rings. The van der Waals surface area contributed by atoms with Gasteiger partial charge in [-0.15, -0.1) is 0 Å². The zero-order valence-electron chi connectivity index (χ0n) is 52.5. The van der Waals surface area contributed by atoms with E-state index in [-0.39, 0.29) is 0 Å². The standard InChI is InChI=1S/C12H18N2O2.C10H21N3O.2C7H15N.C6H14N2.2C6H13N.C5H12N2.C3H7N/c1-15-10-3-4-11(12(9-10)16-2)14-7-5-13-6-8-14;1-3-12(4-2-11-1)5-6-13-7-9-14-10-8-13;1-6-3-7(2)5-8-4-6;1-2-4-6-8-7-5-3-1;1-8-5-2-3-7-4-6-8;1-6-4-2-3-5-7-6;1-2-4-6-7-5-3-1;1-7-4-2-6-3-5-7;1-2-4-3-1/h3-4,9,13H,5-8H2,1-2H3;11H,1-10H2;6-8H,3-5H2,1-2H3;8H,1-7H2;7H,2-6H2,1H3;6-7H,2-5H2,1H3;7H,1-6H2;6H,2-5H2,1H3;4H,1-3H2. The van der Waals surface area contributed by atoms with Crippen molar-refractivity contribution in [3.63, 3.8) is 0 Å². The smallest absolute Gasteiger partial charge is 0.145 e. The molecule has 0 saturated carbocycles. The SMILES string of the molecule is C1CCCNCC1.C1CCCNCCC1.C1CN(CCN2CCOCC2)CCN1.C1CNC1.CC1CCCCN1.CC1CNCC(C)C1.CN1CCCNCC1.CN1CCNCC1.COc1ccc(N2CCNCC2)c(OC)c1. The maximum Gasteiger partial charge on any atom is 0.145 e. The van der Waals surface area contributed by atoms with Crippen molar-refractivity contribution in [3.05, 3.63) is 18.2 Å². The third-order valence-corrected chi connectivity index (χ3v) is 16.0. The van der Waals surface area contributed by atoms with Gasteiger partial charge in [-0.2, -0.15) is 0 Å². The molecule has 17 heteroatoms. The Bertz CT molecular complexity index is 1360. The lowest BCUT2D eigenvalue weighted by molar-refractivity contribution is 0.0328. The zero-order chi connectivity index (χ0) is 56.5. The Hall–Kier alpha value is -1.94. The molecule has 1 aromatic rings. The van der Waals surface area contributed by atoms with E-state index in [0.29, 0.717) is 0 Å². The number of ether oxygens (including phenoxy) is 3. The van der Waals surface area contributed by atoms with Crippen molar-refractivity contribution in [1.29, 1.82) is 0 Å². The lowest BCUT2D eigenvalue weighted by atomic mass is 9.94. The normalized spacial score (nSPS) is 25.5. The summed E-state index contributed by atoms with van der Waals surface area (Å²) < 4.78 is 15.9. The Morgan fingerprint density at radius 3 is 1.30 bits per heavy atom. The fourth-order valence-electron chi connectivity index (χ4n) is 10.5. The van der Waals surface area contributed by atoms with E-state index < -0.39 is 0 Å². The number of nitrogens with zero attached hydrogens (tertiary/aromatic N) is 5. The first-order valence-electron chi connectivity index (χ1n) is 32.5. The maximum absolute atomic E-state index is 5.40. The van der Waals surface area contributed by atoms with Gasteiger partial charge in [0, 0.05) is 130 Å². The summed E-state index contributed by atoms with van der Waals surface area (Å²) in [7, 11) is 7.69. The Morgan fingerprint density at radius 2 is 0.873 bits per heavy atom. The lowest BCUT2D eigenvalue weighted by Crippen LogP contribution is -2.47. The van der Waals surface area contributed by atoms with Gasteiger partial charge >= 0.3 is 0 Å². The van der Waals surface area contributed by atoms with E-state index in [9.17, 15) is 0 Å². The zero-order valence-corrected chi connectivity index (χ0v) is 52.5. The average molecular weight is 1120 g/mol. The minimum Gasteiger partial charge on any atom is -0.497 e. The molecule has 0 radical (unpaired) electrons. The minimum absolute atomic E-state index is 0.786. The first kappa shape index (κ1) is 71.3. The van der Waals surface area contributed by atoms with Crippen LogP contribution < -0.4 is 62.2 Å². The van der Waals surface area contributed by atoms with E-state index in [1.54, 1.807) is 14.2 Å². The highest BCUT2D eigenvalue weighted by atomic mass is 16.5. The van der Waals surface area contributed by atoms with Crippen molar-refractivity contribution in [2.75, 3.05) is 236 Å². The van der Waals surface area contributed by atoms with Gasteiger partial charge in [-0.1, -0.05) is 52.4 Å². The second-order valence-electron chi connectivity index (χ2n) is 23.5. The summed E-state index contributed by atoms with van der Waals surface area (Å²) in [6.45, 7) is 42.9. The predicted octanol–water partition coefficient (Wildman–Crippen LogP) is 4.84. The molecule has 10 saturated heterocycles. The second kappa shape index (κ2) is 50.6. The summed E-state index contributed by atoms with van der Waals surface area (Å²) in [6, 6.07) is 6.74. The van der Waals surface area contributed by atoms with Crippen LogP contribution in [0, 0.1) is 11.8 Å². The van der Waals surface area contributed by atoms with Crippen LogP contribution in [0.2, 0.25) is 0 Å². The van der Waals surface area contributed by atoms with Crippen molar-refractivity contribution < 1.29 is 14.2 Å². The summed E-state index contributed by atoms with van der Waals surface area (Å²) in [4.78, 5) is 12.1. The summed E-state index contributed by atoms with van der Waals surface area (Å²) >= 11 is 0. The van der Waals surface area contributed by atoms with E-state index in [2.05, 4.69) is 113 Å².